The third kappa shape index (κ3) is 252. The monoisotopic (exact) mass is 295 g/mol. The molecule has 0 aliphatic rings. The molecular formula is Ca2MgO8PS+. The molecule has 0 fully saturated rings. The van der Waals surface area contributed by atoms with Crippen LogP contribution in [0.5, 0.6) is 0 Å². The third-order valence-corrected chi connectivity index (χ3v) is 0. The van der Waals surface area contributed by atoms with Gasteiger partial charge in [-0.25, -0.2) is 0 Å². The van der Waals surface area contributed by atoms with Crippen LogP contribution in [0, 0.1) is 0 Å². The Balaban J connectivity index is -0.0000000267. The van der Waals surface area contributed by atoms with Crippen molar-refractivity contribution in [1.82, 2.24) is 0 Å². The molecular weight excluding hydrogens is 295 g/mol. The number of hydrogen-bond acceptors (Lipinski definition) is 8. The molecule has 0 atom stereocenters. The minimum absolute atomic E-state index is 0. The van der Waals surface area contributed by atoms with E-state index in [1.165, 1.54) is 0 Å². The Kier molecular flexibility index (Phi) is 30.6. The fraction of sp³-hybridized carbons (Fsp3) is 0. The van der Waals surface area contributed by atoms with Crippen molar-refractivity contribution >= 4 is 117 Å². The van der Waals surface area contributed by atoms with Gasteiger partial charge in [0.2, 0.25) is 0 Å². The molecule has 0 aromatic carbocycles. The molecule has 0 spiro atoms. The molecule has 0 amide bonds. The second kappa shape index (κ2) is 13.3. The van der Waals surface area contributed by atoms with Crippen LogP contribution in [-0.2, 0) is 15.0 Å². The van der Waals surface area contributed by atoms with Crippen LogP contribution < -0.4 is 14.7 Å². The Morgan fingerprint density at radius 1 is 0.923 bits per heavy atom. The molecule has 0 saturated heterocycles. The van der Waals surface area contributed by atoms with E-state index in [0.29, 0.717) is 0 Å². The second-order valence-corrected chi connectivity index (χ2v) is 2.57. The summed E-state index contributed by atoms with van der Waals surface area (Å²) < 4.78 is 42.6. The second-order valence-electron chi connectivity index (χ2n) is 0.855. The molecule has 0 N–H and O–H groups in total. The van der Waals surface area contributed by atoms with E-state index in [1.807, 2.05) is 0 Å². The van der Waals surface area contributed by atoms with Gasteiger partial charge in [0.25, 0.3) is 0 Å². The van der Waals surface area contributed by atoms with Crippen LogP contribution >= 0.6 is 7.82 Å². The zero-order valence-electron chi connectivity index (χ0n) is 6.24. The molecule has 64 valence electrons. The summed E-state index contributed by atoms with van der Waals surface area (Å²) in [5.41, 5.74) is 0. The average molecular weight is 295 g/mol. The predicted molar refractivity (Wildman–Crippen MR) is 35.3 cm³/mol. The largest absolute Gasteiger partial charge is 2.00 e. The summed E-state index contributed by atoms with van der Waals surface area (Å²) in [5.74, 6) is 0. The van der Waals surface area contributed by atoms with Gasteiger partial charge in [0.1, 0.15) is 0 Å². The van der Waals surface area contributed by atoms with Crippen LogP contribution in [0.25, 0.3) is 0 Å². The smallest absolute Gasteiger partial charge is 0.822 e. The van der Waals surface area contributed by atoms with Gasteiger partial charge >= 0.3 is 98.5 Å². The predicted octanol–water partition coefficient (Wildman–Crippen LogP) is -5.30. The van der Waals surface area contributed by atoms with E-state index in [1.54, 1.807) is 0 Å². The summed E-state index contributed by atoms with van der Waals surface area (Å²) in [6, 6.07) is 0. The normalized spacial score (nSPS) is 9.00. The van der Waals surface area contributed by atoms with E-state index >= 15 is 0 Å². The van der Waals surface area contributed by atoms with Gasteiger partial charge in [-0.15, -0.1) is 0 Å². The fourth-order valence-electron chi connectivity index (χ4n) is 0. The van der Waals surface area contributed by atoms with E-state index < -0.39 is 18.2 Å². The molecule has 0 radical (unpaired) electrons. The molecule has 0 bridgehead atoms. The Morgan fingerprint density at radius 2 is 0.923 bits per heavy atom. The maximum Gasteiger partial charge on any atom is 2.00 e. The molecule has 0 aromatic rings. The summed E-state index contributed by atoms with van der Waals surface area (Å²) in [6.45, 7) is 0. The van der Waals surface area contributed by atoms with Gasteiger partial charge in [-0.3, -0.25) is 8.42 Å². The quantitative estimate of drug-likeness (QED) is 0.185. The van der Waals surface area contributed by atoms with E-state index in [9.17, 15) is 0 Å². The summed E-state index contributed by atoms with van der Waals surface area (Å²) in [7, 11) is -10.6. The minimum atomic E-state index is -5.39. The SMILES string of the molecule is O=P([O-])([O-])[O-].O=S(=O)([O-])[O-].[Ca+2].[Ca+2].[Mg+2]. The number of hydrogen-bond donors (Lipinski definition) is 0. The first-order valence-electron chi connectivity index (χ1n) is 1.40. The van der Waals surface area contributed by atoms with Crippen molar-refractivity contribution in [3.8, 4) is 0 Å². The maximum atomic E-state index is 8.55. The van der Waals surface area contributed by atoms with Gasteiger partial charge < -0.3 is 28.4 Å². The van der Waals surface area contributed by atoms with Crippen LogP contribution in [-0.4, -0.2) is 116 Å². The van der Waals surface area contributed by atoms with Crippen molar-refractivity contribution in [2.45, 2.75) is 0 Å². The van der Waals surface area contributed by atoms with Crippen LogP contribution in [0.1, 0.15) is 0 Å². The topological polar surface area (TPSA) is 167 Å². The van der Waals surface area contributed by atoms with E-state index in [4.69, 9.17) is 36.8 Å². The first-order valence-corrected chi connectivity index (χ1v) is 4.19. The standard InChI is InChI=1S/2Ca.Mg.H3O4P.H2O4S/c;;;2*1-5(2,3)4/h;;;(H3,1,2,3,4);(H2,1,2,3,4)/q3*+2;;/p-5. The van der Waals surface area contributed by atoms with Crippen LogP contribution in [0.3, 0.4) is 0 Å². The van der Waals surface area contributed by atoms with Crippen molar-refractivity contribution in [2.75, 3.05) is 0 Å². The summed E-state index contributed by atoms with van der Waals surface area (Å²) in [4.78, 5) is 25.6. The van der Waals surface area contributed by atoms with Crippen LogP contribution in [0.15, 0.2) is 0 Å². The molecule has 13 heavy (non-hydrogen) atoms. The van der Waals surface area contributed by atoms with Crippen molar-refractivity contribution in [3.63, 3.8) is 0 Å². The minimum Gasteiger partial charge on any atom is -0.822 e. The van der Waals surface area contributed by atoms with E-state index in [0.717, 1.165) is 0 Å². The van der Waals surface area contributed by atoms with Crippen molar-refractivity contribution < 1.29 is 36.8 Å². The third-order valence-electron chi connectivity index (χ3n) is 0. The zero-order valence-corrected chi connectivity index (χ0v) is 13.8. The van der Waals surface area contributed by atoms with Crippen molar-refractivity contribution in [1.29, 1.82) is 0 Å². The Labute approximate surface area is 150 Å². The number of phosphoric acid groups is 1. The fourth-order valence-corrected chi connectivity index (χ4v) is 0. The summed E-state index contributed by atoms with van der Waals surface area (Å²) in [6.07, 6.45) is 0. The van der Waals surface area contributed by atoms with Crippen LogP contribution in [0.4, 0.5) is 0 Å². The molecule has 13 heteroatoms. The van der Waals surface area contributed by atoms with Gasteiger partial charge in [0.05, 0.1) is 0 Å². The first kappa shape index (κ1) is 29.9. The van der Waals surface area contributed by atoms with Gasteiger partial charge in [-0.1, -0.05) is 0 Å². The molecule has 0 aliphatic heterocycles. The maximum absolute atomic E-state index is 8.55. The Bertz CT molecular complexity index is 200. The van der Waals surface area contributed by atoms with E-state index in [2.05, 4.69) is 0 Å². The van der Waals surface area contributed by atoms with Crippen molar-refractivity contribution in [2.24, 2.45) is 0 Å². The van der Waals surface area contributed by atoms with Crippen LogP contribution in [0.2, 0.25) is 0 Å². The van der Waals surface area contributed by atoms with Gasteiger partial charge in [0, 0.05) is 10.4 Å². The Hall–Kier alpha value is 3.27. The Morgan fingerprint density at radius 3 is 0.923 bits per heavy atom. The molecule has 0 aromatic heterocycles. The molecule has 0 saturated carbocycles. The molecule has 0 unspecified atom stereocenters. The van der Waals surface area contributed by atoms with Gasteiger partial charge in [-0.05, 0) is 0 Å². The number of rotatable bonds is 0. The van der Waals surface area contributed by atoms with Gasteiger partial charge in [0.15, 0.2) is 0 Å². The molecule has 8 nitrogen and oxygen atoms in total. The molecule has 0 heterocycles. The summed E-state index contributed by atoms with van der Waals surface area (Å²) in [5, 5.41) is 0. The van der Waals surface area contributed by atoms with Gasteiger partial charge in [-0.2, -0.15) is 7.82 Å². The molecule has 0 aliphatic carbocycles. The first-order chi connectivity index (χ1) is 4.00. The zero-order chi connectivity index (χ0) is 9.00. The van der Waals surface area contributed by atoms with Crippen molar-refractivity contribution in [3.05, 3.63) is 0 Å². The van der Waals surface area contributed by atoms with E-state index in [-0.39, 0.29) is 98.5 Å². The average Bonchev–Trinajstić information content (AvgIpc) is 1.12. The molecule has 0 rings (SSSR count). The summed E-state index contributed by atoms with van der Waals surface area (Å²) >= 11 is 0.